The van der Waals surface area contributed by atoms with Crippen LogP contribution in [-0.2, 0) is 12.8 Å². The molecule has 6 heteroatoms. The first kappa shape index (κ1) is 22.8. The molecule has 0 spiro atoms. The van der Waals surface area contributed by atoms with E-state index < -0.39 is 0 Å². The number of para-hydroxylation sites is 1. The van der Waals surface area contributed by atoms with E-state index in [2.05, 4.69) is 22.1 Å². The van der Waals surface area contributed by atoms with Crippen LogP contribution in [0, 0.1) is 0 Å². The number of amides is 1. The molecular weight excluding hydrogens is 438 g/mol. The van der Waals surface area contributed by atoms with Crippen molar-refractivity contribution in [3.8, 4) is 5.75 Å². The molecule has 0 N–H and O–H groups in total. The molecule has 6 nitrogen and oxygen atoms in total. The summed E-state index contributed by atoms with van der Waals surface area (Å²) in [5, 5.41) is 0. The number of hydrogen-bond donors (Lipinski definition) is 0. The SMILES string of the molecule is COc1ccccc1Cc1cnc(C2CCCN(C(=O)c3ccnc(Cc4ccccc4)c3)C2)o1. The number of benzene rings is 2. The van der Waals surface area contributed by atoms with Crippen LogP contribution in [0.1, 0.15) is 57.6 Å². The third kappa shape index (κ3) is 5.43. The number of carbonyl (C=O) groups excluding carboxylic acids is 1. The quantitative estimate of drug-likeness (QED) is 0.370. The predicted molar refractivity (Wildman–Crippen MR) is 134 cm³/mol. The fourth-order valence-electron chi connectivity index (χ4n) is 4.69. The molecule has 35 heavy (non-hydrogen) atoms. The summed E-state index contributed by atoms with van der Waals surface area (Å²) in [6.07, 6.45) is 6.71. The van der Waals surface area contributed by atoms with Gasteiger partial charge in [-0.15, -0.1) is 0 Å². The number of rotatable bonds is 7. The average Bonchev–Trinajstić information content (AvgIpc) is 3.38. The van der Waals surface area contributed by atoms with Crippen molar-refractivity contribution < 1.29 is 13.9 Å². The zero-order valence-corrected chi connectivity index (χ0v) is 19.9. The van der Waals surface area contributed by atoms with E-state index in [-0.39, 0.29) is 11.8 Å². The predicted octanol–water partition coefficient (Wildman–Crippen LogP) is 5.28. The highest BCUT2D eigenvalue weighted by atomic mass is 16.5. The topological polar surface area (TPSA) is 68.5 Å². The van der Waals surface area contributed by atoms with Crippen molar-refractivity contribution in [2.45, 2.75) is 31.6 Å². The van der Waals surface area contributed by atoms with Gasteiger partial charge in [-0.3, -0.25) is 9.78 Å². The summed E-state index contributed by atoms with van der Waals surface area (Å²) >= 11 is 0. The lowest BCUT2D eigenvalue weighted by Gasteiger charge is -2.31. The number of oxazole rings is 1. The van der Waals surface area contributed by atoms with Crippen LogP contribution in [-0.4, -0.2) is 41.0 Å². The van der Waals surface area contributed by atoms with Gasteiger partial charge in [-0.25, -0.2) is 4.98 Å². The second kappa shape index (κ2) is 10.6. The molecule has 3 heterocycles. The summed E-state index contributed by atoms with van der Waals surface area (Å²) in [6, 6.07) is 21.8. The Bertz CT molecular complexity index is 1290. The van der Waals surface area contributed by atoms with E-state index in [1.807, 2.05) is 53.4 Å². The number of carbonyl (C=O) groups is 1. The molecule has 4 aromatic rings. The smallest absolute Gasteiger partial charge is 0.253 e. The monoisotopic (exact) mass is 467 g/mol. The number of nitrogens with zero attached hydrogens (tertiary/aromatic N) is 3. The van der Waals surface area contributed by atoms with E-state index in [1.165, 1.54) is 5.56 Å². The lowest BCUT2D eigenvalue weighted by Crippen LogP contribution is -2.39. The number of piperidine rings is 1. The fourth-order valence-corrected chi connectivity index (χ4v) is 4.69. The Hall–Kier alpha value is -3.93. The van der Waals surface area contributed by atoms with Gasteiger partial charge >= 0.3 is 0 Å². The molecule has 1 aliphatic rings. The van der Waals surface area contributed by atoms with Crippen LogP contribution >= 0.6 is 0 Å². The number of methoxy groups -OCH3 is 1. The van der Waals surface area contributed by atoms with Crippen molar-refractivity contribution in [1.29, 1.82) is 0 Å². The second-order valence-corrected chi connectivity index (χ2v) is 8.94. The molecule has 0 saturated carbocycles. The Morgan fingerprint density at radius 2 is 1.89 bits per heavy atom. The minimum absolute atomic E-state index is 0.0345. The van der Waals surface area contributed by atoms with Crippen molar-refractivity contribution in [2.24, 2.45) is 0 Å². The maximum Gasteiger partial charge on any atom is 0.253 e. The van der Waals surface area contributed by atoms with Gasteiger partial charge in [0.15, 0.2) is 5.89 Å². The minimum atomic E-state index is 0.0345. The molecular formula is C29H29N3O3. The molecule has 1 aliphatic heterocycles. The van der Waals surface area contributed by atoms with Crippen molar-refractivity contribution >= 4 is 5.91 Å². The lowest BCUT2D eigenvalue weighted by molar-refractivity contribution is 0.0697. The summed E-state index contributed by atoms with van der Waals surface area (Å²) in [7, 11) is 1.67. The largest absolute Gasteiger partial charge is 0.496 e. The first-order chi connectivity index (χ1) is 17.2. The zero-order valence-electron chi connectivity index (χ0n) is 19.9. The lowest BCUT2D eigenvalue weighted by atomic mass is 9.97. The fraction of sp³-hybridized carbons (Fsp3) is 0.276. The Balaban J connectivity index is 1.26. The Morgan fingerprint density at radius 1 is 1.06 bits per heavy atom. The number of likely N-dealkylation sites (tertiary alicyclic amines) is 1. The van der Waals surface area contributed by atoms with Crippen molar-refractivity contribution in [2.75, 3.05) is 20.2 Å². The number of aromatic nitrogens is 2. The van der Waals surface area contributed by atoms with Crippen molar-refractivity contribution in [3.63, 3.8) is 0 Å². The van der Waals surface area contributed by atoms with Crippen LogP contribution in [0.4, 0.5) is 0 Å². The molecule has 5 rings (SSSR count). The highest BCUT2D eigenvalue weighted by molar-refractivity contribution is 5.94. The van der Waals surface area contributed by atoms with E-state index >= 15 is 0 Å². The highest BCUT2D eigenvalue weighted by Gasteiger charge is 2.28. The van der Waals surface area contributed by atoms with E-state index in [0.717, 1.165) is 42.2 Å². The van der Waals surface area contributed by atoms with Crippen molar-refractivity contribution in [3.05, 3.63) is 113 Å². The van der Waals surface area contributed by atoms with Gasteiger partial charge in [-0.05, 0) is 36.6 Å². The van der Waals surface area contributed by atoms with E-state index in [1.54, 1.807) is 25.6 Å². The van der Waals surface area contributed by atoms with Gasteiger partial charge in [0.25, 0.3) is 5.91 Å². The molecule has 2 aromatic carbocycles. The summed E-state index contributed by atoms with van der Waals surface area (Å²) in [6.45, 7) is 1.34. The standard InChI is InChI=1S/C29H29N3O3/c1-34-27-12-6-5-10-22(27)18-26-19-31-28(35-26)24-11-7-15-32(20-24)29(33)23-13-14-30-25(17-23)16-21-8-3-2-4-9-21/h2-6,8-10,12-14,17,19,24H,7,11,15-16,18,20H2,1H3. The van der Waals surface area contributed by atoms with Gasteiger partial charge in [0.1, 0.15) is 11.5 Å². The Morgan fingerprint density at radius 3 is 2.74 bits per heavy atom. The molecule has 1 amide bonds. The van der Waals surface area contributed by atoms with Crippen LogP contribution in [0.25, 0.3) is 0 Å². The number of pyridine rings is 1. The normalized spacial score (nSPS) is 15.7. The molecule has 0 bridgehead atoms. The summed E-state index contributed by atoms with van der Waals surface area (Å²) in [4.78, 5) is 24.3. The Kier molecular flexibility index (Phi) is 6.89. The molecule has 1 atom stereocenters. The summed E-state index contributed by atoms with van der Waals surface area (Å²) in [5.74, 6) is 2.46. The molecule has 2 aromatic heterocycles. The third-order valence-corrected chi connectivity index (χ3v) is 6.48. The van der Waals surface area contributed by atoms with Crippen LogP contribution in [0.2, 0.25) is 0 Å². The van der Waals surface area contributed by atoms with Crippen molar-refractivity contribution in [1.82, 2.24) is 14.9 Å². The first-order valence-electron chi connectivity index (χ1n) is 12.0. The van der Waals surface area contributed by atoms with Gasteiger partial charge < -0.3 is 14.1 Å². The van der Waals surface area contributed by atoms with E-state index in [9.17, 15) is 4.79 Å². The number of hydrogen-bond acceptors (Lipinski definition) is 5. The maximum atomic E-state index is 13.3. The minimum Gasteiger partial charge on any atom is -0.496 e. The van der Waals surface area contributed by atoms with Crippen LogP contribution in [0.15, 0.2) is 83.5 Å². The average molecular weight is 468 g/mol. The number of ether oxygens (including phenoxy) is 1. The van der Waals surface area contributed by atoms with Gasteiger partial charge in [-0.1, -0.05) is 48.5 Å². The van der Waals surface area contributed by atoms with Gasteiger partial charge in [0, 0.05) is 48.9 Å². The van der Waals surface area contributed by atoms with E-state index in [0.29, 0.717) is 30.8 Å². The molecule has 1 fully saturated rings. The van der Waals surface area contributed by atoms with Crippen LogP contribution < -0.4 is 4.74 Å². The molecule has 1 saturated heterocycles. The van der Waals surface area contributed by atoms with Gasteiger partial charge in [0.2, 0.25) is 0 Å². The zero-order chi connectivity index (χ0) is 24.0. The Labute approximate surface area is 205 Å². The summed E-state index contributed by atoms with van der Waals surface area (Å²) < 4.78 is 11.6. The third-order valence-electron chi connectivity index (χ3n) is 6.48. The van der Waals surface area contributed by atoms with Gasteiger partial charge in [0.05, 0.1) is 19.2 Å². The van der Waals surface area contributed by atoms with Gasteiger partial charge in [-0.2, -0.15) is 0 Å². The van der Waals surface area contributed by atoms with Crippen LogP contribution in [0.5, 0.6) is 5.75 Å². The molecule has 0 aliphatic carbocycles. The molecule has 178 valence electrons. The second-order valence-electron chi connectivity index (χ2n) is 8.94. The highest BCUT2D eigenvalue weighted by Crippen LogP contribution is 2.29. The molecule has 0 radical (unpaired) electrons. The molecule has 1 unspecified atom stereocenters. The summed E-state index contributed by atoms with van der Waals surface area (Å²) in [5.41, 5.74) is 3.80. The van der Waals surface area contributed by atoms with Crippen LogP contribution in [0.3, 0.4) is 0 Å². The van der Waals surface area contributed by atoms with E-state index in [4.69, 9.17) is 9.15 Å². The first-order valence-corrected chi connectivity index (χ1v) is 12.0. The maximum absolute atomic E-state index is 13.3.